The molecule has 2 fully saturated rings. The van der Waals surface area contributed by atoms with E-state index in [-0.39, 0.29) is 27.6 Å². The van der Waals surface area contributed by atoms with Gasteiger partial charge in [-0.3, -0.25) is 4.79 Å². The highest BCUT2D eigenvalue weighted by Gasteiger charge is 2.30. The number of hydrogen-bond donors (Lipinski definition) is 1. The molecule has 9 nitrogen and oxygen atoms in total. The van der Waals surface area contributed by atoms with E-state index < -0.39 is 26.0 Å². The largest absolute Gasteiger partial charge is 0.495 e. The second-order valence-corrected chi connectivity index (χ2v) is 12.6. The van der Waals surface area contributed by atoms with Crippen molar-refractivity contribution in [2.45, 2.75) is 48.4 Å². The van der Waals surface area contributed by atoms with Crippen LogP contribution in [0.15, 0.2) is 52.3 Å². The number of carbonyl (C=O) groups is 1. The van der Waals surface area contributed by atoms with Crippen LogP contribution in [0.5, 0.6) is 5.75 Å². The number of nitrogens with one attached hydrogen (secondary N) is 1. The molecule has 35 heavy (non-hydrogen) atoms. The predicted molar refractivity (Wildman–Crippen MR) is 131 cm³/mol. The second-order valence-electron chi connectivity index (χ2n) is 8.77. The van der Waals surface area contributed by atoms with Gasteiger partial charge in [0.25, 0.3) is 5.91 Å². The summed E-state index contributed by atoms with van der Waals surface area (Å²) in [5.41, 5.74) is 0.933. The topological polar surface area (TPSA) is 113 Å². The van der Waals surface area contributed by atoms with Gasteiger partial charge in [-0.2, -0.15) is 8.61 Å². The molecule has 0 radical (unpaired) electrons. The highest BCUT2D eigenvalue weighted by atomic mass is 32.2. The van der Waals surface area contributed by atoms with E-state index in [2.05, 4.69) is 5.32 Å². The number of piperidine rings is 1. The monoisotopic (exact) mass is 521 g/mol. The van der Waals surface area contributed by atoms with Crippen molar-refractivity contribution in [2.75, 3.05) is 33.3 Å². The van der Waals surface area contributed by atoms with Gasteiger partial charge in [0.15, 0.2) is 0 Å². The van der Waals surface area contributed by atoms with Crippen molar-refractivity contribution in [3.63, 3.8) is 0 Å². The van der Waals surface area contributed by atoms with Crippen LogP contribution < -0.4 is 10.1 Å². The van der Waals surface area contributed by atoms with E-state index in [9.17, 15) is 21.6 Å². The van der Waals surface area contributed by atoms with Gasteiger partial charge >= 0.3 is 0 Å². The van der Waals surface area contributed by atoms with Crippen LogP contribution in [0, 0.1) is 0 Å². The third-order valence-corrected chi connectivity index (χ3v) is 10.3. The van der Waals surface area contributed by atoms with Crippen molar-refractivity contribution in [1.29, 1.82) is 0 Å². The maximum atomic E-state index is 13.2. The number of carbonyl (C=O) groups excluding carboxylic acids is 1. The minimum absolute atomic E-state index is 0.0222. The number of sulfonamides is 2. The average molecular weight is 522 g/mol. The predicted octanol–water partition coefficient (Wildman–Crippen LogP) is 2.58. The van der Waals surface area contributed by atoms with E-state index in [1.807, 2.05) is 0 Å². The van der Waals surface area contributed by atoms with E-state index in [4.69, 9.17) is 4.74 Å². The summed E-state index contributed by atoms with van der Waals surface area (Å²) in [5.74, 6) is -0.238. The Balaban J connectivity index is 1.46. The SMILES string of the molecule is COc1ccc(C(=O)NCc2ccc(S(=O)(=O)N3CCCC3)cc2)cc1S(=O)(=O)N1CCCCC1. The lowest BCUT2D eigenvalue weighted by molar-refractivity contribution is 0.0950. The third-order valence-electron chi connectivity index (χ3n) is 6.44. The fourth-order valence-electron chi connectivity index (χ4n) is 4.41. The number of rotatable bonds is 8. The maximum Gasteiger partial charge on any atom is 0.251 e. The van der Waals surface area contributed by atoms with Crippen LogP contribution in [0.1, 0.15) is 48.0 Å². The molecule has 190 valence electrons. The number of ether oxygens (including phenoxy) is 1. The summed E-state index contributed by atoms with van der Waals surface area (Å²) in [7, 11) is -5.88. The maximum absolute atomic E-state index is 13.2. The molecule has 0 spiro atoms. The van der Waals surface area contributed by atoms with Crippen LogP contribution >= 0.6 is 0 Å². The van der Waals surface area contributed by atoms with Crippen molar-refractivity contribution in [1.82, 2.24) is 13.9 Å². The van der Waals surface area contributed by atoms with Crippen LogP contribution in [-0.2, 0) is 26.6 Å². The molecule has 0 unspecified atom stereocenters. The Morgan fingerprint density at radius 2 is 1.40 bits per heavy atom. The van der Waals surface area contributed by atoms with Gasteiger partial charge in [0.1, 0.15) is 10.6 Å². The molecule has 0 atom stereocenters. The van der Waals surface area contributed by atoms with E-state index in [1.54, 1.807) is 24.3 Å². The lowest BCUT2D eigenvalue weighted by Crippen LogP contribution is -2.36. The number of amides is 1. The number of nitrogens with zero attached hydrogens (tertiary/aromatic N) is 2. The molecule has 2 aliphatic rings. The van der Waals surface area contributed by atoms with Crippen LogP contribution in [0.4, 0.5) is 0 Å². The molecule has 0 saturated carbocycles. The highest BCUT2D eigenvalue weighted by molar-refractivity contribution is 7.89. The first-order chi connectivity index (χ1) is 16.7. The fraction of sp³-hybridized carbons (Fsp3) is 0.458. The summed E-state index contributed by atoms with van der Waals surface area (Å²) in [6, 6.07) is 10.8. The molecule has 1 amide bonds. The minimum atomic E-state index is -3.79. The average Bonchev–Trinajstić information content (AvgIpc) is 3.44. The van der Waals surface area contributed by atoms with Gasteiger partial charge in [0, 0.05) is 38.3 Å². The first-order valence-corrected chi connectivity index (χ1v) is 14.7. The van der Waals surface area contributed by atoms with Crippen LogP contribution in [-0.4, -0.2) is 64.6 Å². The Morgan fingerprint density at radius 1 is 0.829 bits per heavy atom. The molecule has 1 N–H and O–H groups in total. The Labute approximate surface area is 207 Å². The fourth-order valence-corrected chi connectivity index (χ4v) is 7.62. The molecule has 0 aliphatic carbocycles. The number of hydrogen-bond acceptors (Lipinski definition) is 6. The molecule has 2 aromatic rings. The lowest BCUT2D eigenvalue weighted by Gasteiger charge is -2.26. The smallest absolute Gasteiger partial charge is 0.251 e. The first-order valence-electron chi connectivity index (χ1n) is 11.8. The zero-order valence-electron chi connectivity index (χ0n) is 19.8. The van der Waals surface area contributed by atoms with Crippen molar-refractivity contribution >= 4 is 26.0 Å². The molecular weight excluding hydrogens is 490 g/mol. The molecule has 4 rings (SSSR count). The summed E-state index contributed by atoms with van der Waals surface area (Å²) in [5, 5.41) is 2.78. The van der Waals surface area contributed by atoms with Crippen molar-refractivity contribution < 1.29 is 26.4 Å². The van der Waals surface area contributed by atoms with Crippen LogP contribution in [0.3, 0.4) is 0 Å². The van der Waals surface area contributed by atoms with Gasteiger partial charge in [-0.15, -0.1) is 0 Å². The molecule has 0 bridgehead atoms. The van der Waals surface area contributed by atoms with Gasteiger partial charge in [0.05, 0.1) is 12.0 Å². The van der Waals surface area contributed by atoms with E-state index in [0.717, 1.165) is 37.7 Å². The van der Waals surface area contributed by atoms with Crippen molar-refractivity contribution in [3.8, 4) is 5.75 Å². The van der Waals surface area contributed by atoms with Crippen molar-refractivity contribution in [2.24, 2.45) is 0 Å². The quantitative estimate of drug-likeness (QED) is 0.571. The number of benzene rings is 2. The molecule has 2 aromatic carbocycles. The van der Waals surface area contributed by atoms with Gasteiger partial charge in [-0.25, -0.2) is 16.8 Å². The zero-order chi connectivity index (χ0) is 25.1. The summed E-state index contributed by atoms with van der Waals surface area (Å²) < 4.78 is 59.9. The first kappa shape index (κ1) is 25.6. The van der Waals surface area contributed by atoms with E-state index in [0.29, 0.717) is 26.2 Å². The highest BCUT2D eigenvalue weighted by Crippen LogP contribution is 2.29. The van der Waals surface area contributed by atoms with Gasteiger partial charge in [0.2, 0.25) is 20.0 Å². The van der Waals surface area contributed by atoms with Gasteiger partial charge in [-0.1, -0.05) is 18.6 Å². The summed E-state index contributed by atoms with van der Waals surface area (Å²) in [6.07, 6.45) is 4.35. The molecule has 11 heteroatoms. The summed E-state index contributed by atoms with van der Waals surface area (Å²) in [4.78, 5) is 13.0. The van der Waals surface area contributed by atoms with Crippen molar-refractivity contribution in [3.05, 3.63) is 53.6 Å². The Morgan fingerprint density at radius 3 is 2.00 bits per heavy atom. The van der Waals surface area contributed by atoms with Crippen LogP contribution in [0.25, 0.3) is 0 Å². The normalized spacial score (nSPS) is 17.9. The molecule has 2 aliphatic heterocycles. The Hall–Kier alpha value is -2.47. The molecule has 2 saturated heterocycles. The Kier molecular flexibility index (Phi) is 7.80. The second kappa shape index (κ2) is 10.7. The van der Waals surface area contributed by atoms with E-state index >= 15 is 0 Å². The zero-order valence-corrected chi connectivity index (χ0v) is 21.4. The third kappa shape index (κ3) is 5.53. The number of methoxy groups -OCH3 is 1. The molecule has 0 aromatic heterocycles. The lowest BCUT2D eigenvalue weighted by atomic mass is 10.2. The minimum Gasteiger partial charge on any atom is -0.495 e. The summed E-state index contributed by atoms with van der Waals surface area (Å²) in [6.45, 7) is 2.15. The van der Waals surface area contributed by atoms with E-state index in [1.165, 1.54) is 33.9 Å². The molecule has 2 heterocycles. The summed E-state index contributed by atoms with van der Waals surface area (Å²) >= 11 is 0. The standard InChI is InChI=1S/C24H31N3O6S2/c1-33-22-12-9-20(17-23(22)35(31,32)27-13-3-2-4-14-27)24(28)25-18-19-7-10-21(11-8-19)34(29,30)26-15-5-6-16-26/h7-12,17H,2-6,13-16,18H2,1H3,(H,25,28). The van der Waals surface area contributed by atoms with Crippen LogP contribution in [0.2, 0.25) is 0 Å². The van der Waals surface area contributed by atoms with Gasteiger partial charge < -0.3 is 10.1 Å². The Bertz CT molecular complexity index is 1260. The molecular formula is C24H31N3O6S2. The van der Waals surface area contributed by atoms with Gasteiger partial charge in [-0.05, 0) is 61.6 Å².